The molecule has 0 amide bonds. The predicted octanol–water partition coefficient (Wildman–Crippen LogP) is 1.78. The van der Waals surface area contributed by atoms with E-state index in [-0.39, 0.29) is 6.04 Å². The maximum atomic E-state index is 5.66. The van der Waals surface area contributed by atoms with Gasteiger partial charge in [-0.25, -0.2) is 0 Å². The van der Waals surface area contributed by atoms with Gasteiger partial charge in [-0.1, -0.05) is 5.16 Å². The average Bonchev–Trinajstić information content (AvgIpc) is 2.68. The highest BCUT2D eigenvalue weighted by atomic mass is 32.2. The molecule has 0 saturated carbocycles. The second-order valence-corrected chi connectivity index (χ2v) is 5.32. The SMILES string of the molecule is CC(N)c1nc(CC2CCSCC2)no1. The summed E-state index contributed by atoms with van der Waals surface area (Å²) in [7, 11) is 0. The van der Waals surface area contributed by atoms with Crippen molar-refractivity contribution in [1.82, 2.24) is 10.1 Å². The minimum Gasteiger partial charge on any atom is -0.338 e. The third kappa shape index (κ3) is 2.95. The Hall–Kier alpha value is -0.550. The van der Waals surface area contributed by atoms with Crippen molar-refractivity contribution in [3.63, 3.8) is 0 Å². The summed E-state index contributed by atoms with van der Waals surface area (Å²) in [6.45, 7) is 1.86. The van der Waals surface area contributed by atoms with E-state index in [2.05, 4.69) is 10.1 Å². The highest BCUT2D eigenvalue weighted by molar-refractivity contribution is 7.99. The van der Waals surface area contributed by atoms with Gasteiger partial charge in [-0.05, 0) is 37.2 Å². The Morgan fingerprint density at radius 2 is 2.27 bits per heavy atom. The van der Waals surface area contributed by atoms with Gasteiger partial charge in [0.2, 0.25) is 5.89 Å². The van der Waals surface area contributed by atoms with E-state index in [1.165, 1.54) is 24.3 Å². The summed E-state index contributed by atoms with van der Waals surface area (Å²) in [6.07, 6.45) is 3.48. The molecule has 1 aromatic heterocycles. The van der Waals surface area contributed by atoms with Crippen LogP contribution in [0.3, 0.4) is 0 Å². The van der Waals surface area contributed by atoms with E-state index in [1.54, 1.807) is 0 Å². The van der Waals surface area contributed by atoms with Crippen LogP contribution in [0.25, 0.3) is 0 Å². The average molecular weight is 227 g/mol. The van der Waals surface area contributed by atoms with Crippen molar-refractivity contribution >= 4 is 11.8 Å². The summed E-state index contributed by atoms with van der Waals surface area (Å²) in [4.78, 5) is 4.29. The smallest absolute Gasteiger partial charge is 0.243 e. The maximum Gasteiger partial charge on any atom is 0.243 e. The van der Waals surface area contributed by atoms with E-state index < -0.39 is 0 Å². The summed E-state index contributed by atoms with van der Waals surface area (Å²) in [6, 6.07) is -0.159. The van der Waals surface area contributed by atoms with Crippen molar-refractivity contribution in [2.75, 3.05) is 11.5 Å². The number of rotatable bonds is 3. The molecule has 1 unspecified atom stereocenters. The van der Waals surface area contributed by atoms with Gasteiger partial charge < -0.3 is 10.3 Å². The fourth-order valence-electron chi connectivity index (χ4n) is 1.74. The van der Waals surface area contributed by atoms with Crippen LogP contribution >= 0.6 is 11.8 Å². The van der Waals surface area contributed by atoms with Gasteiger partial charge in [0.1, 0.15) is 0 Å². The first kappa shape index (κ1) is 11.0. The monoisotopic (exact) mass is 227 g/mol. The van der Waals surface area contributed by atoms with E-state index >= 15 is 0 Å². The lowest BCUT2D eigenvalue weighted by Gasteiger charge is -2.19. The summed E-state index contributed by atoms with van der Waals surface area (Å²) >= 11 is 2.04. The Balaban J connectivity index is 1.91. The van der Waals surface area contributed by atoms with Gasteiger partial charge >= 0.3 is 0 Å². The van der Waals surface area contributed by atoms with E-state index in [0.717, 1.165) is 18.2 Å². The first-order valence-corrected chi connectivity index (χ1v) is 6.57. The molecule has 1 atom stereocenters. The number of nitrogens with zero attached hydrogens (tertiary/aromatic N) is 2. The summed E-state index contributed by atoms with van der Waals surface area (Å²) in [5, 5.41) is 3.96. The molecule has 0 bridgehead atoms. The minimum atomic E-state index is -0.159. The molecule has 15 heavy (non-hydrogen) atoms. The van der Waals surface area contributed by atoms with Gasteiger partial charge in [0.05, 0.1) is 6.04 Å². The highest BCUT2D eigenvalue weighted by Gasteiger charge is 2.18. The van der Waals surface area contributed by atoms with Gasteiger partial charge in [-0.3, -0.25) is 0 Å². The van der Waals surface area contributed by atoms with Crippen LogP contribution in [0, 0.1) is 5.92 Å². The third-order valence-electron chi connectivity index (χ3n) is 2.69. The fraction of sp³-hybridized carbons (Fsp3) is 0.800. The predicted molar refractivity (Wildman–Crippen MR) is 60.7 cm³/mol. The first-order valence-electron chi connectivity index (χ1n) is 5.41. The van der Waals surface area contributed by atoms with Crippen LogP contribution in [0.4, 0.5) is 0 Å². The molecule has 1 aromatic rings. The zero-order valence-corrected chi connectivity index (χ0v) is 9.80. The van der Waals surface area contributed by atoms with Crippen LogP contribution in [0.5, 0.6) is 0 Å². The molecule has 5 heteroatoms. The van der Waals surface area contributed by atoms with Crippen LogP contribution in [-0.2, 0) is 6.42 Å². The lowest BCUT2D eigenvalue weighted by atomic mass is 9.99. The number of thioether (sulfide) groups is 1. The third-order valence-corrected chi connectivity index (χ3v) is 3.73. The second kappa shape index (κ2) is 4.99. The number of aromatic nitrogens is 2. The fourth-order valence-corrected chi connectivity index (χ4v) is 2.95. The van der Waals surface area contributed by atoms with Crippen LogP contribution in [-0.4, -0.2) is 21.6 Å². The molecule has 1 aliphatic heterocycles. The summed E-state index contributed by atoms with van der Waals surface area (Å²) in [5.74, 6) is 4.63. The Kier molecular flexibility index (Phi) is 3.64. The van der Waals surface area contributed by atoms with E-state index in [1.807, 2.05) is 18.7 Å². The largest absolute Gasteiger partial charge is 0.338 e. The molecule has 4 nitrogen and oxygen atoms in total. The van der Waals surface area contributed by atoms with Crippen LogP contribution in [0.1, 0.15) is 37.5 Å². The molecule has 0 spiro atoms. The van der Waals surface area contributed by atoms with Crippen molar-refractivity contribution in [2.24, 2.45) is 11.7 Å². The zero-order valence-electron chi connectivity index (χ0n) is 8.98. The quantitative estimate of drug-likeness (QED) is 0.852. The Labute approximate surface area is 94.0 Å². The minimum absolute atomic E-state index is 0.159. The normalized spacial score (nSPS) is 20.4. The van der Waals surface area contributed by atoms with Gasteiger partial charge in [0, 0.05) is 6.42 Å². The molecule has 2 heterocycles. The number of hydrogen-bond donors (Lipinski definition) is 1. The van der Waals surface area contributed by atoms with Gasteiger partial charge in [-0.2, -0.15) is 16.7 Å². The summed E-state index contributed by atoms with van der Waals surface area (Å²) in [5.41, 5.74) is 5.66. The van der Waals surface area contributed by atoms with Crippen LogP contribution in [0.2, 0.25) is 0 Å². The Morgan fingerprint density at radius 3 is 2.87 bits per heavy atom. The topological polar surface area (TPSA) is 64.9 Å². The lowest BCUT2D eigenvalue weighted by Crippen LogP contribution is -2.13. The van der Waals surface area contributed by atoms with E-state index in [9.17, 15) is 0 Å². The maximum absolute atomic E-state index is 5.66. The molecule has 84 valence electrons. The van der Waals surface area contributed by atoms with E-state index in [4.69, 9.17) is 10.3 Å². The number of nitrogens with two attached hydrogens (primary N) is 1. The van der Waals surface area contributed by atoms with Crippen molar-refractivity contribution in [1.29, 1.82) is 0 Å². The zero-order chi connectivity index (χ0) is 10.7. The van der Waals surface area contributed by atoms with Crippen molar-refractivity contribution in [2.45, 2.75) is 32.2 Å². The van der Waals surface area contributed by atoms with Crippen LogP contribution < -0.4 is 5.73 Å². The van der Waals surface area contributed by atoms with Crippen molar-refractivity contribution in [3.05, 3.63) is 11.7 Å². The van der Waals surface area contributed by atoms with Crippen molar-refractivity contribution < 1.29 is 4.52 Å². The molecule has 1 aliphatic rings. The standard InChI is InChI=1S/C10H17N3OS/c1-7(11)10-12-9(13-14-10)6-8-2-4-15-5-3-8/h7-8H,2-6,11H2,1H3. The Morgan fingerprint density at radius 1 is 1.53 bits per heavy atom. The highest BCUT2D eigenvalue weighted by Crippen LogP contribution is 2.25. The summed E-state index contributed by atoms with van der Waals surface area (Å²) < 4.78 is 5.08. The molecule has 2 rings (SSSR count). The molecular formula is C10H17N3OS. The van der Waals surface area contributed by atoms with Crippen LogP contribution in [0.15, 0.2) is 4.52 Å². The second-order valence-electron chi connectivity index (χ2n) is 4.10. The Bertz CT molecular complexity index is 307. The van der Waals surface area contributed by atoms with Gasteiger partial charge in [0.25, 0.3) is 0 Å². The number of hydrogen-bond acceptors (Lipinski definition) is 5. The van der Waals surface area contributed by atoms with Gasteiger partial charge in [0.15, 0.2) is 5.82 Å². The van der Waals surface area contributed by atoms with E-state index in [0.29, 0.717) is 5.89 Å². The molecular weight excluding hydrogens is 210 g/mol. The molecule has 0 radical (unpaired) electrons. The molecule has 2 N–H and O–H groups in total. The molecule has 0 aromatic carbocycles. The lowest BCUT2D eigenvalue weighted by molar-refractivity contribution is 0.353. The molecule has 1 fully saturated rings. The first-order chi connectivity index (χ1) is 7.25. The molecule has 0 aliphatic carbocycles. The van der Waals surface area contributed by atoms with Gasteiger partial charge in [-0.15, -0.1) is 0 Å². The molecule has 1 saturated heterocycles. The van der Waals surface area contributed by atoms with Crippen molar-refractivity contribution in [3.8, 4) is 0 Å².